The second-order valence-corrected chi connectivity index (χ2v) is 22.0. The third kappa shape index (κ3) is 60.2. The molecule has 1 unspecified atom stereocenters. The molecule has 74 heavy (non-hydrogen) atoms. The van der Waals surface area contributed by atoms with Gasteiger partial charge in [0.15, 0.2) is 6.10 Å². The van der Waals surface area contributed by atoms with E-state index in [1.807, 2.05) is 0 Å². The van der Waals surface area contributed by atoms with Gasteiger partial charge in [-0.15, -0.1) is 0 Å². The summed E-state index contributed by atoms with van der Waals surface area (Å²) in [6.45, 7) is 6.61. The molecule has 0 amide bonds. The van der Waals surface area contributed by atoms with Crippen molar-refractivity contribution in [2.45, 2.75) is 354 Å². The molecule has 0 aromatic carbocycles. The van der Waals surface area contributed by atoms with Crippen molar-refractivity contribution < 1.29 is 28.6 Å². The Balaban J connectivity index is 4.05. The zero-order chi connectivity index (χ0) is 53.6. The van der Waals surface area contributed by atoms with Crippen LogP contribution in [0.5, 0.6) is 0 Å². The number of carbonyl (C=O) groups excluding carboxylic acids is 3. The Hall–Kier alpha value is -2.63. The van der Waals surface area contributed by atoms with Crippen molar-refractivity contribution in [2.24, 2.45) is 0 Å². The van der Waals surface area contributed by atoms with Crippen molar-refractivity contribution in [1.82, 2.24) is 0 Å². The predicted octanol–water partition coefficient (Wildman–Crippen LogP) is 22.2. The maximum atomic E-state index is 12.9. The van der Waals surface area contributed by atoms with E-state index in [4.69, 9.17) is 14.2 Å². The van der Waals surface area contributed by atoms with E-state index in [0.717, 1.165) is 70.6 Å². The first kappa shape index (κ1) is 71.4. The van der Waals surface area contributed by atoms with E-state index in [1.165, 1.54) is 238 Å². The maximum Gasteiger partial charge on any atom is 0.306 e. The van der Waals surface area contributed by atoms with Gasteiger partial charge in [-0.05, 0) is 83.5 Å². The van der Waals surface area contributed by atoms with Crippen LogP contribution in [-0.2, 0) is 28.6 Å². The zero-order valence-electron chi connectivity index (χ0n) is 49.6. The molecule has 0 spiro atoms. The van der Waals surface area contributed by atoms with Gasteiger partial charge in [0.05, 0.1) is 0 Å². The van der Waals surface area contributed by atoms with Crippen LogP contribution in [0.1, 0.15) is 348 Å². The van der Waals surface area contributed by atoms with Gasteiger partial charge in [0.2, 0.25) is 0 Å². The Bertz CT molecular complexity index is 1280. The molecule has 0 saturated carbocycles. The molecular weight excluding hydrogens is 913 g/mol. The molecule has 0 aliphatic carbocycles. The van der Waals surface area contributed by atoms with Gasteiger partial charge in [0.1, 0.15) is 13.2 Å². The number of esters is 3. The van der Waals surface area contributed by atoms with Crippen molar-refractivity contribution in [2.75, 3.05) is 13.2 Å². The highest BCUT2D eigenvalue weighted by molar-refractivity contribution is 5.71. The fraction of sp³-hybridized carbons (Fsp3) is 0.838. The van der Waals surface area contributed by atoms with Crippen LogP contribution in [0.3, 0.4) is 0 Å². The maximum absolute atomic E-state index is 12.9. The average molecular weight is 1040 g/mol. The van der Waals surface area contributed by atoms with Crippen molar-refractivity contribution in [3.63, 3.8) is 0 Å². The van der Waals surface area contributed by atoms with Gasteiger partial charge < -0.3 is 14.2 Å². The highest BCUT2D eigenvalue weighted by Gasteiger charge is 2.19. The first-order valence-electron chi connectivity index (χ1n) is 32.6. The number of ether oxygens (including phenoxy) is 3. The fourth-order valence-electron chi connectivity index (χ4n) is 9.62. The van der Waals surface area contributed by atoms with Gasteiger partial charge in [-0.25, -0.2) is 0 Å². The number of unbranched alkanes of at least 4 members (excludes halogenated alkanes) is 41. The summed E-state index contributed by atoms with van der Waals surface area (Å²) in [4.78, 5) is 38.0. The first-order valence-corrected chi connectivity index (χ1v) is 32.6. The number of hydrogen-bond acceptors (Lipinski definition) is 6. The molecule has 0 N–H and O–H groups in total. The first-order chi connectivity index (χ1) is 36.5. The Morgan fingerprint density at radius 3 is 0.743 bits per heavy atom. The lowest BCUT2D eigenvalue weighted by molar-refractivity contribution is -0.167. The fourth-order valence-corrected chi connectivity index (χ4v) is 9.62. The zero-order valence-corrected chi connectivity index (χ0v) is 49.6. The molecule has 0 heterocycles. The third-order valence-electron chi connectivity index (χ3n) is 14.6. The van der Waals surface area contributed by atoms with Crippen LogP contribution in [-0.4, -0.2) is 37.2 Å². The Morgan fingerprint density at radius 1 is 0.270 bits per heavy atom. The van der Waals surface area contributed by atoms with E-state index in [9.17, 15) is 14.4 Å². The highest BCUT2D eigenvalue weighted by Crippen LogP contribution is 2.17. The lowest BCUT2D eigenvalue weighted by Crippen LogP contribution is -2.30. The van der Waals surface area contributed by atoms with Crippen molar-refractivity contribution in [3.8, 4) is 0 Å². The molecule has 432 valence electrons. The van der Waals surface area contributed by atoms with E-state index < -0.39 is 6.10 Å². The molecule has 0 fully saturated rings. The standard InChI is InChI=1S/C68H124O6/c1-4-7-10-13-16-18-20-22-24-26-28-30-32-34-36-38-40-42-44-46-48-50-52-55-58-61-67(70)73-64-65(63-72-66(69)60-57-54-15-12-9-6-3)74-68(71)62-59-56-53-51-49-47-45-43-41-39-37-35-33-31-29-27-25-23-21-19-17-14-11-8-5-2/h20-23,26-29,65H,4-19,24-25,30-64H2,1-3H3/b22-20-,23-21-,28-26-,29-27-. The summed E-state index contributed by atoms with van der Waals surface area (Å²) in [7, 11) is 0. The van der Waals surface area contributed by atoms with Gasteiger partial charge in [0, 0.05) is 19.3 Å². The van der Waals surface area contributed by atoms with Crippen molar-refractivity contribution in [1.29, 1.82) is 0 Å². The third-order valence-corrected chi connectivity index (χ3v) is 14.6. The molecule has 6 nitrogen and oxygen atoms in total. The van der Waals surface area contributed by atoms with Gasteiger partial charge in [-0.3, -0.25) is 14.4 Å². The second-order valence-electron chi connectivity index (χ2n) is 22.0. The molecule has 0 aromatic heterocycles. The molecule has 0 rings (SSSR count). The van der Waals surface area contributed by atoms with Crippen molar-refractivity contribution in [3.05, 3.63) is 48.6 Å². The van der Waals surface area contributed by atoms with Crippen molar-refractivity contribution >= 4 is 17.9 Å². The summed E-state index contributed by atoms with van der Waals surface area (Å²) in [5.41, 5.74) is 0. The lowest BCUT2D eigenvalue weighted by atomic mass is 10.0. The van der Waals surface area contributed by atoms with E-state index in [-0.39, 0.29) is 31.1 Å². The summed E-state index contributed by atoms with van der Waals surface area (Å²) in [5.74, 6) is -0.863. The quantitative estimate of drug-likeness (QED) is 0.0261. The minimum absolute atomic E-state index is 0.0705. The Kier molecular flexibility index (Phi) is 60.7. The SMILES string of the molecule is CCCCCCC/C=C\C/C=C\CCCCCCCCCCCCCCCC(=O)OCC(COC(=O)CCCCCCCC)OC(=O)CCCCCCCCCCCCCCC/C=C\C/C=C\CCCCCCC. The van der Waals surface area contributed by atoms with Crippen LogP contribution in [0.2, 0.25) is 0 Å². The van der Waals surface area contributed by atoms with Crippen LogP contribution in [0.25, 0.3) is 0 Å². The normalized spacial score (nSPS) is 12.3. The van der Waals surface area contributed by atoms with E-state index in [2.05, 4.69) is 69.4 Å². The second kappa shape index (κ2) is 62.9. The average Bonchev–Trinajstić information content (AvgIpc) is 3.40. The lowest BCUT2D eigenvalue weighted by Gasteiger charge is -2.18. The molecule has 0 radical (unpaired) electrons. The van der Waals surface area contributed by atoms with Crippen LogP contribution < -0.4 is 0 Å². The number of hydrogen-bond donors (Lipinski definition) is 0. The molecular formula is C68H124O6. The minimum Gasteiger partial charge on any atom is -0.462 e. The molecule has 0 bridgehead atoms. The summed E-state index contributed by atoms with van der Waals surface area (Å²) < 4.78 is 16.8. The number of rotatable bonds is 60. The molecule has 1 atom stereocenters. The summed E-state index contributed by atoms with van der Waals surface area (Å²) in [6, 6.07) is 0. The van der Waals surface area contributed by atoms with Gasteiger partial charge in [-0.2, -0.15) is 0 Å². The molecule has 0 aliphatic heterocycles. The largest absolute Gasteiger partial charge is 0.462 e. The van der Waals surface area contributed by atoms with Gasteiger partial charge >= 0.3 is 17.9 Å². The van der Waals surface area contributed by atoms with Crippen LogP contribution in [0.4, 0.5) is 0 Å². The summed E-state index contributed by atoms with van der Waals surface area (Å²) >= 11 is 0. The molecule has 0 aromatic rings. The Labute approximate surface area is 460 Å². The molecule has 0 saturated heterocycles. The van der Waals surface area contributed by atoms with Crippen LogP contribution in [0, 0.1) is 0 Å². The van der Waals surface area contributed by atoms with Gasteiger partial charge in [0.25, 0.3) is 0 Å². The molecule has 0 aliphatic rings. The van der Waals surface area contributed by atoms with E-state index in [0.29, 0.717) is 19.3 Å². The smallest absolute Gasteiger partial charge is 0.306 e. The van der Waals surface area contributed by atoms with Crippen LogP contribution in [0.15, 0.2) is 48.6 Å². The number of allylic oxidation sites excluding steroid dienone is 8. The molecule has 6 heteroatoms. The summed E-state index contributed by atoms with van der Waals surface area (Å²) in [6.07, 6.45) is 78.7. The Morgan fingerprint density at radius 2 is 0.486 bits per heavy atom. The number of carbonyl (C=O) groups is 3. The highest BCUT2D eigenvalue weighted by atomic mass is 16.6. The summed E-state index contributed by atoms with van der Waals surface area (Å²) in [5, 5.41) is 0. The van der Waals surface area contributed by atoms with E-state index in [1.54, 1.807) is 0 Å². The van der Waals surface area contributed by atoms with E-state index >= 15 is 0 Å². The van der Waals surface area contributed by atoms with Crippen LogP contribution >= 0.6 is 0 Å². The monoisotopic (exact) mass is 1040 g/mol. The van der Waals surface area contributed by atoms with Gasteiger partial charge in [-0.1, -0.05) is 294 Å². The predicted molar refractivity (Wildman–Crippen MR) is 321 cm³/mol. The minimum atomic E-state index is -0.770. The topological polar surface area (TPSA) is 78.9 Å².